The van der Waals surface area contributed by atoms with E-state index in [1.165, 1.54) is 12.3 Å². The molecule has 1 rings (SSSR count). The van der Waals surface area contributed by atoms with Crippen LogP contribution in [0.15, 0.2) is 18.3 Å². The summed E-state index contributed by atoms with van der Waals surface area (Å²) in [5.41, 5.74) is 0.812. The van der Waals surface area contributed by atoms with Crippen LogP contribution in [-0.2, 0) is 0 Å². The maximum absolute atomic E-state index is 11.8. The molecule has 1 amide bonds. The van der Waals surface area contributed by atoms with Crippen molar-refractivity contribution in [2.45, 2.75) is 13.1 Å². The van der Waals surface area contributed by atoms with E-state index in [9.17, 15) is 18.0 Å². The van der Waals surface area contributed by atoms with Gasteiger partial charge in [0.15, 0.2) is 0 Å². The van der Waals surface area contributed by atoms with E-state index < -0.39 is 18.6 Å². The number of hydrogen-bond donors (Lipinski definition) is 1. The Morgan fingerprint density at radius 3 is 2.60 bits per heavy atom. The van der Waals surface area contributed by atoms with E-state index in [2.05, 4.69) is 4.98 Å². The second kappa shape index (κ2) is 4.29. The van der Waals surface area contributed by atoms with Crippen LogP contribution in [0.5, 0.6) is 0 Å². The molecule has 0 aliphatic carbocycles. The molecule has 0 unspecified atom stereocenters. The molecule has 82 valence electrons. The van der Waals surface area contributed by atoms with E-state index in [4.69, 9.17) is 0 Å². The van der Waals surface area contributed by atoms with E-state index in [-0.39, 0.29) is 5.56 Å². The van der Waals surface area contributed by atoms with Crippen molar-refractivity contribution in [3.05, 3.63) is 29.6 Å². The van der Waals surface area contributed by atoms with Crippen LogP contribution in [0.4, 0.5) is 13.2 Å². The second-order valence-corrected chi connectivity index (χ2v) is 2.99. The zero-order valence-electron chi connectivity index (χ0n) is 7.93. The molecule has 3 nitrogen and oxygen atoms in total. The molecule has 1 aromatic heterocycles. The van der Waals surface area contributed by atoms with Gasteiger partial charge in [-0.25, -0.2) is 0 Å². The lowest BCUT2D eigenvalue weighted by atomic mass is 10.2. The first kappa shape index (κ1) is 11.5. The van der Waals surface area contributed by atoms with E-state index >= 15 is 0 Å². The van der Waals surface area contributed by atoms with E-state index in [1.807, 2.05) is 0 Å². The average molecular weight is 218 g/mol. The van der Waals surface area contributed by atoms with Crippen molar-refractivity contribution in [2.24, 2.45) is 0 Å². The number of carbonyl (C=O) groups excluding carboxylic acids is 1. The molecule has 1 aromatic rings. The number of alkyl halides is 3. The van der Waals surface area contributed by atoms with Crippen LogP contribution in [0.1, 0.15) is 16.1 Å². The maximum Gasteiger partial charge on any atom is 0.405 e. The van der Waals surface area contributed by atoms with Gasteiger partial charge in [-0.1, -0.05) is 0 Å². The molecule has 0 aliphatic heterocycles. The molecule has 1 N–H and O–H groups in total. The fourth-order valence-corrected chi connectivity index (χ4v) is 0.885. The number of halogens is 3. The fraction of sp³-hybridized carbons (Fsp3) is 0.333. The molecule has 0 saturated heterocycles. The van der Waals surface area contributed by atoms with Gasteiger partial charge in [0.25, 0.3) is 5.91 Å². The Morgan fingerprint density at radius 1 is 1.47 bits per heavy atom. The molecular weight excluding hydrogens is 209 g/mol. The summed E-state index contributed by atoms with van der Waals surface area (Å²) in [6, 6.07) is 2.98. The predicted octanol–water partition coefficient (Wildman–Crippen LogP) is 1.68. The quantitative estimate of drug-likeness (QED) is 0.820. The first-order chi connectivity index (χ1) is 6.88. The normalized spacial score (nSPS) is 11.2. The van der Waals surface area contributed by atoms with Gasteiger partial charge in [0.05, 0.1) is 5.56 Å². The summed E-state index contributed by atoms with van der Waals surface area (Å²) in [5.74, 6) is -0.778. The van der Waals surface area contributed by atoms with Crippen LogP contribution in [0, 0.1) is 6.92 Å². The minimum absolute atomic E-state index is 0.116. The molecule has 0 aromatic carbocycles. The van der Waals surface area contributed by atoms with Crippen LogP contribution < -0.4 is 5.32 Å². The van der Waals surface area contributed by atoms with Crippen molar-refractivity contribution in [3.63, 3.8) is 0 Å². The van der Waals surface area contributed by atoms with E-state index in [0.29, 0.717) is 5.69 Å². The highest BCUT2D eigenvalue weighted by atomic mass is 19.4. The summed E-state index contributed by atoms with van der Waals surface area (Å²) in [4.78, 5) is 15.0. The van der Waals surface area contributed by atoms with Gasteiger partial charge in [-0.2, -0.15) is 13.2 Å². The van der Waals surface area contributed by atoms with Crippen molar-refractivity contribution in [1.82, 2.24) is 10.3 Å². The van der Waals surface area contributed by atoms with Gasteiger partial charge in [0, 0.05) is 11.9 Å². The number of hydrogen-bond acceptors (Lipinski definition) is 2. The summed E-state index contributed by atoms with van der Waals surface area (Å²) in [6.45, 7) is 0.386. The molecule has 15 heavy (non-hydrogen) atoms. The van der Waals surface area contributed by atoms with Crippen molar-refractivity contribution < 1.29 is 18.0 Å². The lowest BCUT2D eigenvalue weighted by Crippen LogP contribution is -2.33. The van der Waals surface area contributed by atoms with E-state index in [0.717, 1.165) is 0 Å². The largest absolute Gasteiger partial charge is 0.405 e. The topological polar surface area (TPSA) is 42.0 Å². The molecular formula is C9H9F3N2O. The number of carbonyl (C=O) groups is 1. The Hall–Kier alpha value is -1.59. The zero-order chi connectivity index (χ0) is 11.5. The molecule has 0 spiro atoms. The van der Waals surface area contributed by atoms with Crippen molar-refractivity contribution >= 4 is 5.91 Å². The highest BCUT2D eigenvalue weighted by molar-refractivity contribution is 5.93. The summed E-state index contributed by atoms with van der Waals surface area (Å²) in [5, 5.41) is 1.75. The molecule has 0 bridgehead atoms. The summed E-state index contributed by atoms with van der Waals surface area (Å²) in [7, 11) is 0. The van der Waals surface area contributed by atoms with Crippen LogP contribution in [-0.4, -0.2) is 23.6 Å². The first-order valence-corrected chi connectivity index (χ1v) is 4.16. The smallest absolute Gasteiger partial charge is 0.343 e. The molecule has 0 radical (unpaired) electrons. The van der Waals surface area contributed by atoms with Crippen LogP contribution in [0.25, 0.3) is 0 Å². The van der Waals surface area contributed by atoms with Gasteiger partial charge in [-0.15, -0.1) is 0 Å². The lowest BCUT2D eigenvalue weighted by molar-refractivity contribution is -0.123. The van der Waals surface area contributed by atoms with Gasteiger partial charge in [-0.05, 0) is 19.1 Å². The maximum atomic E-state index is 11.8. The third kappa shape index (κ3) is 3.97. The SMILES string of the molecule is Cc1ccc(C(=O)NCC(F)(F)F)cn1. The average Bonchev–Trinajstić information content (AvgIpc) is 2.14. The summed E-state index contributed by atoms with van der Waals surface area (Å²) in [6.07, 6.45) is -3.16. The molecule has 0 aliphatic rings. The van der Waals surface area contributed by atoms with Gasteiger partial charge < -0.3 is 5.32 Å². The highest BCUT2D eigenvalue weighted by Gasteiger charge is 2.27. The van der Waals surface area contributed by atoms with Crippen molar-refractivity contribution in [1.29, 1.82) is 0 Å². The third-order valence-corrected chi connectivity index (χ3v) is 1.62. The Morgan fingerprint density at radius 2 is 2.13 bits per heavy atom. The summed E-state index contributed by atoms with van der Waals surface area (Å²) >= 11 is 0. The number of nitrogens with one attached hydrogen (secondary N) is 1. The van der Waals surface area contributed by atoms with Crippen molar-refractivity contribution in [3.8, 4) is 0 Å². The number of amides is 1. The standard InChI is InChI=1S/C9H9F3N2O/c1-6-2-3-7(4-13-6)8(15)14-5-9(10,11)12/h2-4H,5H2,1H3,(H,14,15). The highest BCUT2D eigenvalue weighted by Crippen LogP contribution is 2.12. The van der Waals surface area contributed by atoms with Crippen LogP contribution >= 0.6 is 0 Å². The number of pyridine rings is 1. The summed E-state index contributed by atoms with van der Waals surface area (Å²) < 4.78 is 35.3. The van der Waals surface area contributed by atoms with Gasteiger partial charge in [0.1, 0.15) is 6.54 Å². The third-order valence-electron chi connectivity index (χ3n) is 1.62. The Labute approximate surface area is 84.3 Å². The second-order valence-electron chi connectivity index (χ2n) is 2.99. The zero-order valence-corrected chi connectivity index (χ0v) is 7.93. The lowest BCUT2D eigenvalue weighted by Gasteiger charge is -2.07. The predicted molar refractivity (Wildman–Crippen MR) is 47.4 cm³/mol. The molecule has 0 saturated carbocycles. The number of rotatable bonds is 2. The molecule has 6 heteroatoms. The van der Waals surface area contributed by atoms with E-state index in [1.54, 1.807) is 18.3 Å². The Bertz CT molecular complexity index is 345. The molecule has 0 atom stereocenters. The number of aromatic nitrogens is 1. The minimum atomic E-state index is -4.40. The van der Waals surface area contributed by atoms with Crippen LogP contribution in [0.2, 0.25) is 0 Å². The number of nitrogens with zero attached hydrogens (tertiary/aromatic N) is 1. The first-order valence-electron chi connectivity index (χ1n) is 4.16. The molecule has 0 fully saturated rings. The molecule has 1 heterocycles. The van der Waals surface area contributed by atoms with Crippen LogP contribution in [0.3, 0.4) is 0 Å². The minimum Gasteiger partial charge on any atom is -0.343 e. The Kier molecular flexibility index (Phi) is 3.28. The Balaban J connectivity index is 2.58. The van der Waals surface area contributed by atoms with Gasteiger partial charge in [0.2, 0.25) is 0 Å². The van der Waals surface area contributed by atoms with Crippen molar-refractivity contribution in [2.75, 3.05) is 6.54 Å². The fourth-order valence-electron chi connectivity index (χ4n) is 0.885. The van der Waals surface area contributed by atoms with Gasteiger partial charge in [-0.3, -0.25) is 9.78 Å². The number of aryl methyl sites for hydroxylation is 1. The monoisotopic (exact) mass is 218 g/mol. The van der Waals surface area contributed by atoms with Gasteiger partial charge >= 0.3 is 6.18 Å².